The fraction of sp³-hybridized carbons (Fsp3) is 0. The van der Waals surface area contributed by atoms with Gasteiger partial charge in [0, 0.05) is 5.56 Å². The van der Waals surface area contributed by atoms with E-state index < -0.39 is 0 Å². The highest BCUT2D eigenvalue weighted by Gasteiger charge is 2.03. The van der Waals surface area contributed by atoms with Gasteiger partial charge in [0.05, 0.1) is 0 Å². The molecule has 64 valence electrons. The summed E-state index contributed by atoms with van der Waals surface area (Å²) >= 11 is 0. The number of benzene rings is 1. The fourth-order valence-corrected chi connectivity index (χ4v) is 1.09. The van der Waals surface area contributed by atoms with Crippen molar-refractivity contribution < 1.29 is 0 Å². The van der Waals surface area contributed by atoms with Crippen LogP contribution in [0.1, 0.15) is 0 Å². The molecule has 0 unspecified atom stereocenters. The van der Waals surface area contributed by atoms with E-state index in [0.29, 0.717) is 11.5 Å². The maximum atomic E-state index is 5.64. The second-order valence-corrected chi connectivity index (χ2v) is 2.56. The molecule has 1 aromatic carbocycles. The monoisotopic (exact) mass is 172 g/mol. The summed E-state index contributed by atoms with van der Waals surface area (Å²) in [5.74, 6) is 0.404. The summed E-state index contributed by atoms with van der Waals surface area (Å²) in [6.45, 7) is 0. The quantitative estimate of drug-likeness (QED) is 0.700. The highest BCUT2D eigenvalue weighted by molar-refractivity contribution is 5.68. The van der Waals surface area contributed by atoms with Gasteiger partial charge < -0.3 is 5.73 Å². The Morgan fingerprint density at radius 1 is 1.08 bits per heavy atom. The van der Waals surface area contributed by atoms with Gasteiger partial charge in [-0.15, -0.1) is 10.2 Å². The van der Waals surface area contributed by atoms with Crippen LogP contribution in [-0.4, -0.2) is 15.2 Å². The average molecular weight is 172 g/mol. The van der Waals surface area contributed by atoms with Crippen molar-refractivity contribution in [3.8, 4) is 11.3 Å². The van der Waals surface area contributed by atoms with Gasteiger partial charge in [-0.25, -0.2) is 4.98 Å². The zero-order valence-corrected chi connectivity index (χ0v) is 6.88. The van der Waals surface area contributed by atoms with E-state index in [4.69, 9.17) is 5.73 Å². The molecule has 0 aliphatic heterocycles. The van der Waals surface area contributed by atoms with Gasteiger partial charge in [-0.05, 0) is 0 Å². The molecule has 0 aliphatic carbocycles. The van der Waals surface area contributed by atoms with Crippen LogP contribution >= 0.6 is 0 Å². The Bertz CT molecular complexity index is 399. The first-order chi connectivity index (χ1) is 6.38. The minimum absolute atomic E-state index is 0.404. The molecule has 4 heteroatoms. The zero-order valence-electron chi connectivity index (χ0n) is 6.88. The number of anilines is 1. The minimum atomic E-state index is 0.404. The maximum Gasteiger partial charge on any atom is 0.153 e. The van der Waals surface area contributed by atoms with Crippen molar-refractivity contribution in [3.05, 3.63) is 36.7 Å². The van der Waals surface area contributed by atoms with Crippen molar-refractivity contribution in [2.45, 2.75) is 0 Å². The van der Waals surface area contributed by atoms with Crippen molar-refractivity contribution in [2.24, 2.45) is 0 Å². The molecular formula is C9H8N4. The fourth-order valence-electron chi connectivity index (χ4n) is 1.09. The lowest BCUT2D eigenvalue weighted by Gasteiger charge is -2.00. The van der Waals surface area contributed by atoms with Crippen molar-refractivity contribution in [3.63, 3.8) is 0 Å². The Morgan fingerprint density at radius 3 is 2.54 bits per heavy atom. The zero-order chi connectivity index (χ0) is 9.10. The molecule has 0 radical (unpaired) electrons. The molecule has 0 fully saturated rings. The highest BCUT2D eigenvalue weighted by atomic mass is 15.1. The Kier molecular flexibility index (Phi) is 1.88. The predicted molar refractivity (Wildman–Crippen MR) is 49.7 cm³/mol. The van der Waals surface area contributed by atoms with Crippen LogP contribution < -0.4 is 5.73 Å². The van der Waals surface area contributed by atoms with Crippen LogP contribution in [-0.2, 0) is 0 Å². The van der Waals surface area contributed by atoms with Gasteiger partial charge in [-0.1, -0.05) is 30.3 Å². The first-order valence-corrected chi connectivity index (χ1v) is 3.86. The van der Waals surface area contributed by atoms with E-state index in [0.717, 1.165) is 5.56 Å². The summed E-state index contributed by atoms with van der Waals surface area (Å²) in [6, 6.07) is 9.61. The third kappa shape index (κ3) is 1.46. The number of hydrogen-bond donors (Lipinski definition) is 1. The summed E-state index contributed by atoms with van der Waals surface area (Å²) in [4.78, 5) is 3.86. The topological polar surface area (TPSA) is 64.7 Å². The van der Waals surface area contributed by atoms with Crippen LogP contribution in [0.5, 0.6) is 0 Å². The SMILES string of the molecule is Nc1ncnnc1-c1ccccc1. The van der Waals surface area contributed by atoms with Crippen LogP contribution in [0.2, 0.25) is 0 Å². The van der Waals surface area contributed by atoms with E-state index in [1.54, 1.807) is 0 Å². The second kappa shape index (κ2) is 3.18. The molecule has 2 N–H and O–H groups in total. The van der Waals surface area contributed by atoms with Gasteiger partial charge in [0.25, 0.3) is 0 Å². The van der Waals surface area contributed by atoms with Crippen LogP contribution in [0.4, 0.5) is 5.82 Å². The Balaban J connectivity index is 2.54. The summed E-state index contributed by atoms with van der Waals surface area (Å²) < 4.78 is 0. The molecule has 2 rings (SSSR count). The van der Waals surface area contributed by atoms with Gasteiger partial charge in [0.15, 0.2) is 5.82 Å². The van der Waals surface area contributed by atoms with Crippen molar-refractivity contribution in [1.82, 2.24) is 15.2 Å². The molecule has 0 aliphatic rings. The Morgan fingerprint density at radius 2 is 1.85 bits per heavy atom. The van der Waals surface area contributed by atoms with Gasteiger partial charge in [-0.3, -0.25) is 0 Å². The molecule has 0 spiro atoms. The standard InChI is InChI=1S/C9H8N4/c10-9-8(13-12-6-11-9)7-4-2-1-3-5-7/h1-6H,(H2,10,11,12). The van der Waals surface area contributed by atoms with E-state index in [1.807, 2.05) is 30.3 Å². The first kappa shape index (κ1) is 7.67. The summed E-state index contributed by atoms with van der Waals surface area (Å²) in [7, 11) is 0. The molecule has 1 aromatic heterocycles. The smallest absolute Gasteiger partial charge is 0.153 e. The molecule has 0 saturated heterocycles. The number of nitrogens with zero attached hydrogens (tertiary/aromatic N) is 3. The highest BCUT2D eigenvalue weighted by Crippen LogP contribution is 2.19. The molecule has 0 saturated carbocycles. The van der Waals surface area contributed by atoms with Gasteiger partial charge in [0.1, 0.15) is 12.0 Å². The maximum absolute atomic E-state index is 5.64. The number of rotatable bonds is 1. The third-order valence-corrected chi connectivity index (χ3v) is 1.70. The molecule has 13 heavy (non-hydrogen) atoms. The normalized spacial score (nSPS) is 9.85. The summed E-state index contributed by atoms with van der Waals surface area (Å²) in [5.41, 5.74) is 7.20. The van der Waals surface area contributed by atoms with Crippen LogP contribution in [0.3, 0.4) is 0 Å². The van der Waals surface area contributed by atoms with Gasteiger partial charge in [0.2, 0.25) is 0 Å². The molecule has 0 atom stereocenters. The first-order valence-electron chi connectivity index (χ1n) is 3.86. The average Bonchev–Trinajstić information content (AvgIpc) is 2.20. The molecule has 4 nitrogen and oxygen atoms in total. The van der Waals surface area contributed by atoms with Crippen LogP contribution in [0, 0.1) is 0 Å². The van der Waals surface area contributed by atoms with E-state index in [2.05, 4.69) is 15.2 Å². The van der Waals surface area contributed by atoms with Crippen LogP contribution in [0.15, 0.2) is 36.7 Å². The number of hydrogen-bond acceptors (Lipinski definition) is 4. The molecule has 1 heterocycles. The summed E-state index contributed by atoms with van der Waals surface area (Å²) in [5, 5.41) is 7.59. The lowest BCUT2D eigenvalue weighted by Crippen LogP contribution is -1.97. The van der Waals surface area contributed by atoms with E-state index in [-0.39, 0.29) is 0 Å². The lowest BCUT2D eigenvalue weighted by molar-refractivity contribution is 0.983. The van der Waals surface area contributed by atoms with Crippen molar-refractivity contribution >= 4 is 5.82 Å². The van der Waals surface area contributed by atoms with E-state index in [1.165, 1.54) is 6.33 Å². The van der Waals surface area contributed by atoms with Crippen molar-refractivity contribution in [2.75, 3.05) is 5.73 Å². The van der Waals surface area contributed by atoms with Gasteiger partial charge in [-0.2, -0.15) is 0 Å². The van der Waals surface area contributed by atoms with Crippen LogP contribution in [0.25, 0.3) is 11.3 Å². The number of nitrogens with two attached hydrogens (primary N) is 1. The number of aromatic nitrogens is 3. The molecule has 0 bridgehead atoms. The lowest BCUT2D eigenvalue weighted by atomic mass is 10.1. The molecule has 0 amide bonds. The minimum Gasteiger partial charge on any atom is -0.382 e. The summed E-state index contributed by atoms with van der Waals surface area (Å²) in [6.07, 6.45) is 1.34. The number of nitrogen functional groups attached to an aromatic ring is 1. The molecular weight excluding hydrogens is 164 g/mol. The van der Waals surface area contributed by atoms with E-state index >= 15 is 0 Å². The second-order valence-electron chi connectivity index (χ2n) is 2.56. The predicted octanol–water partition coefficient (Wildman–Crippen LogP) is 1.12. The van der Waals surface area contributed by atoms with Crippen molar-refractivity contribution in [1.29, 1.82) is 0 Å². The Labute approximate surface area is 75.5 Å². The molecule has 2 aromatic rings. The third-order valence-electron chi connectivity index (χ3n) is 1.70. The Hall–Kier alpha value is -1.97. The van der Waals surface area contributed by atoms with E-state index in [9.17, 15) is 0 Å². The van der Waals surface area contributed by atoms with Gasteiger partial charge >= 0.3 is 0 Å². The largest absolute Gasteiger partial charge is 0.382 e.